The first-order valence-electron chi connectivity index (χ1n) is 3.83. The van der Waals surface area contributed by atoms with Crippen LogP contribution in [0.1, 0.15) is 12.0 Å². The highest BCUT2D eigenvalue weighted by atomic mass is 35.5. The third-order valence-electron chi connectivity index (χ3n) is 1.47. The summed E-state index contributed by atoms with van der Waals surface area (Å²) < 4.78 is 0. The molecule has 1 rings (SSSR count). The van der Waals surface area contributed by atoms with Gasteiger partial charge in [0.25, 0.3) is 0 Å². The SMILES string of the molecule is SCCC=Cc1ccnc(Cl)c1Cl. The van der Waals surface area contributed by atoms with Gasteiger partial charge in [0.15, 0.2) is 0 Å². The van der Waals surface area contributed by atoms with Gasteiger partial charge in [-0.15, -0.1) is 0 Å². The Hall–Kier alpha value is -0.180. The second-order valence-electron chi connectivity index (χ2n) is 2.42. The molecule has 0 aliphatic carbocycles. The van der Waals surface area contributed by atoms with E-state index in [9.17, 15) is 0 Å². The van der Waals surface area contributed by atoms with Gasteiger partial charge in [0.1, 0.15) is 5.15 Å². The molecule has 1 aromatic heterocycles. The summed E-state index contributed by atoms with van der Waals surface area (Å²) in [5.74, 6) is 0.826. The van der Waals surface area contributed by atoms with Crippen molar-refractivity contribution < 1.29 is 0 Å². The Bertz CT molecular complexity index is 312. The van der Waals surface area contributed by atoms with Gasteiger partial charge in [0, 0.05) is 6.20 Å². The molecular weight excluding hydrogens is 225 g/mol. The lowest BCUT2D eigenvalue weighted by atomic mass is 10.2. The zero-order chi connectivity index (χ0) is 9.68. The molecule has 0 fully saturated rings. The van der Waals surface area contributed by atoms with Gasteiger partial charge in [-0.2, -0.15) is 12.6 Å². The fourth-order valence-corrected chi connectivity index (χ4v) is 1.33. The minimum absolute atomic E-state index is 0.342. The van der Waals surface area contributed by atoms with E-state index in [4.69, 9.17) is 23.2 Å². The van der Waals surface area contributed by atoms with Crippen LogP contribution in [0.15, 0.2) is 18.3 Å². The third kappa shape index (κ3) is 3.22. The van der Waals surface area contributed by atoms with Gasteiger partial charge < -0.3 is 0 Å². The molecule has 0 unspecified atom stereocenters. The highest BCUT2D eigenvalue weighted by molar-refractivity contribution is 7.80. The Morgan fingerprint density at radius 3 is 2.92 bits per heavy atom. The molecule has 0 atom stereocenters. The molecule has 0 radical (unpaired) electrons. The van der Waals surface area contributed by atoms with E-state index in [0.29, 0.717) is 10.2 Å². The molecule has 0 bridgehead atoms. The summed E-state index contributed by atoms with van der Waals surface area (Å²) in [5.41, 5.74) is 0.892. The van der Waals surface area contributed by atoms with Crippen molar-refractivity contribution in [3.63, 3.8) is 0 Å². The smallest absolute Gasteiger partial charge is 0.148 e. The van der Waals surface area contributed by atoms with Crippen LogP contribution in [0, 0.1) is 0 Å². The van der Waals surface area contributed by atoms with Crippen LogP contribution < -0.4 is 0 Å². The van der Waals surface area contributed by atoms with Gasteiger partial charge in [-0.1, -0.05) is 35.4 Å². The molecular formula is C9H9Cl2NS. The number of aromatic nitrogens is 1. The van der Waals surface area contributed by atoms with E-state index in [2.05, 4.69) is 17.6 Å². The van der Waals surface area contributed by atoms with Gasteiger partial charge >= 0.3 is 0 Å². The molecule has 0 aliphatic heterocycles. The summed E-state index contributed by atoms with van der Waals surface area (Å²) in [5, 5.41) is 0.842. The monoisotopic (exact) mass is 233 g/mol. The standard InChI is InChI=1S/C9H9Cl2NS/c10-8-7(3-1-2-6-13)4-5-12-9(8)11/h1,3-5,13H,2,6H2. The maximum atomic E-state index is 5.91. The van der Waals surface area contributed by atoms with E-state index in [1.165, 1.54) is 0 Å². The molecule has 4 heteroatoms. The van der Waals surface area contributed by atoms with E-state index in [1.54, 1.807) is 6.20 Å². The summed E-state index contributed by atoms with van der Waals surface area (Å²) in [6, 6.07) is 1.82. The summed E-state index contributed by atoms with van der Waals surface area (Å²) in [6.45, 7) is 0. The van der Waals surface area contributed by atoms with Gasteiger partial charge in [0.2, 0.25) is 0 Å². The van der Waals surface area contributed by atoms with Crippen molar-refractivity contribution in [2.75, 3.05) is 5.75 Å². The lowest BCUT2D eigenvalue weighted by Gasteiger charge is -1.98. The zero-order valence-corrected chi connectivity index (χ0v) is 9.28. The largest absolute Gasteiger partial charge is 0.243 e. The first-order chi connectivity index (χ1) is 6.25. The molecule has 1 heterocycles. The van der Waals surface area contributed by atoms with Gasteiger partial charge in [0.05, 0.1) is 5.02 Å². The number of allylic oxidation sites excluding steroid dienone is 1. The molecule has 0 aliphatic rings. The highest BCUT2D eigenvalue weighted by Gasteiger charge is 2.01. The number of nitrogens with zero attached hydrogens (tertiary/aromatic N) is 1. The highest BCUT2D eigenvalue weighted by Crippen LogP contribution is 2.24. The second-order valence-corrected chi connectivity index (χ2v) is 3.60. The molecule has 0 spiro atoms. The van der Waals surface area contributed by atoms with Crippen LogP contribution in [0.5, 0.6) is 0 Å². The van der Waals surface area contributed by atoms with E-state index in [-0.39, 0.29) is 0 Å². The second kappa shape index (κ2) is 5.53. The van der Waals surface area contributed by atoms with Crippen molar-refractivity contribution in [2.45, 2.75) is 6.42 Å². The molecule has 0 saturated heterocycles. The lowest BCUT2D eigenvalue weighted by molar-refractivity contribution is 1.26. The number of halogens is 2. The number of rotatable bonds is 3. The van der Waals surface area contributed by atoms with E-state index >= 15 is 0 Å². The summed E-state index contributed by atoms with van der Waals surface area (Å²) >= 11 is 15.7. The van der Waals surface area contributed by atoms with Crippen LogP contribution in [-0.2, 0) is 0 Å². The van der Waals surface area contributed by atoms with Gasteiger partial charge in [-0.3, -0.25) is 0 Å². The number of thiol groups is 1. The van der Waals surface area contributed by atoms with Crippen molar-refractivity contribution >= 4 is 41.9 Å². The van der Waals surface area contributed by atoms with Crippen LogP contribution in [-0.4, -0.2) is 10.7 Å². The molecule has 0 saturated carbocycles. The fourth-order valence-electron chi connectivity index (χ4n) is 0.846. The quantitative estimate of drug-likeness (QED) is 0.621. The third-order valence-corrected chi connectivity index (χ3v) is 2.51. The molecule has 13 heavy (non-hydrogen) atoms. The predicted octanol–water partition coefficient (Wildman–Crippen LogP) is 3.72. The minimum atomic E-state index is 0.342. The van der Waals surface area contributed by atoms with Crippen molar-refractivity contribution in [1.82, 2.24) is 4.98 Å². The Labute approximate surface area is 93.2 Å². The number of hydrogen-bond donors (Lipinski definition) is 1. The maximum absolute atomic E-state index is 5.91. The number of pyridine rings is 1. The summed E-state index contributed by atoms with van der Waals surface area (Å²) in [4.78, 5) is 3.85. The average Bonchev–Trinajstić information content (AvgIpc) is 2.13. The Morgan fingerprint density at radius 1 is 1.46 bits per heavy atom. The van der Waals surface area contributed by atoms with Crippen molar-refractivity contribution in [3.05, 3.63) is 34.1 Å². The Morgan fingerprint density at radius 2 is 2.23 bits per heavy atom. The van der Waals surface area contributed by atoms with E-state index in [1.807, 2.05) is 18.2 Å². The molecule has 0 aromatic carbocycles. The van der Waals surface area contributed by atoms with Crippen molar-refractivity contribution in [3.8, 4) is 0 Å². The van der Waals surface area contributed by atoms with Crippen LogP contribution in [0.3, 0.4) is 0 Å². The van der Waals surface area contributed by atoms with Crippen molar-refractivity contribution in [2.24, 2.45) is 0 Å². The first-order valence-corrected chi connectivity index (χ1v) is 5.22. The molecule has 70 valence electrons. The first kappa shape index (κ1) is 10.9. The minimum Gasteiger partial charge on any atom is -0.243 e. The fraction of sp³-hybridized carbons (Fsp3) is 0.222. The van der Waals surface area contributed by atoms with Crippen molar-refractivity contribution in [1.29, 1.82) is 0 Å². The van der Waals surface area contributed by atoms with Crippen LogP contribution in [0.4, 0.5) is 0 Å². The van der Waals surface area contributed by atoms with Crippen LogP contribution in [0.2, 0.25) is 10.2 Å². The summed E-state index contributed by atoms with van der Waals surface area (Å²) in [7, 11) is 0. The predicted molar refractivity (Wildman–Crippen MR) is 61.8 cm³/mol. The maximum Gasteiger partial charge on any atom is 0.148 e. The molecule has 0 N–H and O–H groups in total. The molecule has 0 amide bonds. The summed E-state index contributed by atoms with van der Waals surface area (Å²) in [6.07, 6.45) is 6.48. The molecule has 1 nitrogen and oxygen atoms in total. The average molecular weight is 234 g/mol. The number of hydrogen-bond acceptors (Lipinski definition) is 2. The van der Waals surface area contributed by atoms with Crippen LogP contribution >= 0.6 is 35.8 Å². The van der Waals surface area contributed by atoms with E-state index in [0.717, 1.165) is 17.7 Å². The van der Waals surface area contributed by atoms with Gasteiger partial charge in [-0.25, -0.2) is 4.98 Å². The lowest BCUT2D eigenvalue weighted by Crippen LogP contribution is -1.80. The van der Waals surface area contributed by atoms with Crippen LogP contribution in [0.25, 0.3) is 6.08 Å². The van der Waals surface area contributed by atoms with E-state index < -0.39 is 0 Å². The Kier molecular flexibility index (Phi) is 4.64. The topological polar surface area (TPSA) is 12.9 Å². The normalized spacial score (nSPS) is 11.0. The van der Waals surface area contributed by atoms with Gasteiger partial charge in [-0.05, 0) is 23.8 Å². The Balaban J connectivity index is 2.83. The molecule has 1 aromatic rings. The zero-order valence-electron chi connectivity index (χ0n) is 6.87.